The summed E-state index contributed by atoms with van der Waals surface area (Å²) >= 11 is 9.42. The second-order valence-electron chi connectivity index (χ2n) is 4.56. The van der Waals surface area contributed by atoms with Gasteiger partial charge in [-0.05, 0) is 65.2 Å². The number of carbonyl (C=O) groups excluding carboxylic acids is 1. The van der Waals surface area contributed by atoms with Crippen molar-refractivity contribution in [1.29, 1.82) is 0 Å². The van der Waals surface area contributed by atoms with Crippen molar-refractivity contribution in [3.63, 3.8) is 0 Å². The molecule has 3 nitrogen and oxygen atoms in total. The van der Waals surface area contributed by atoms with Crippen LogP contribution < -0.4 is 5.32 Å². The van der Waals surface area contributed by atoms with Crippen LogP contribution in [0.15, 0.2) is 34.8 Å². The summed E-state index contributed by atoms with van der Waals surface area (Å²) in [6.07, 6.45) is 0. The van der Waals surface area contributed by atoms with Crippen LogP contribution in [0.3, 0.4) is 0 Å². The Labute approximate surface area is 130 Å². The number of phenols is 1. The predicted molar refractivity (Wildman–Crippen MR) is 84.7 cm³/mol. The van der Waals surface area contributed by atoms with E-state index >= 15 is 0 Å². The number of phenolic OH excluding ortho intramolecular Hbond substituents is 1. The average molecular weight is 355 g/mol. The van der Waals surface area contributed by atoms with Crippen molar-refractivity contribution in [2.75, 3.05) is 5.32 Å². The highest BCUT2D eigenvalue weighted by atomic mass is 79.9. The highest BCUT2D eigenvalue weighted by Gasteiger charge is 2.13. The minimum atomic E-state index is -0.386. The molecule has 0 heterocycles. The van der Waals surface area contributed by atoms with Gasteiger partial charge in [-0.15, -0.1) is 0 Å². The summed E-state index contributed by atoms with van der Waals surface area (Å²) in [6.45, 7) is 3.72. The molecule has 104 valence electrons. The number of carbonyl (C=O) groups is 1. The second kappa shape index (κ2) is 5.85. The molecule has 0 aliphatic carbocycles. The van der Waals surface area contributed by atoms with Crippen LogP contribution >= 0.6 is 27.5 Å². The summed E-state index contributed by atoms with van der Waals surface area (Å²) in [7, 11) is 0. The lowest BCUT2D eigenvalue weighted by Gasteiger charge is -2.10. The SMILES string of the molecule is Cc1ccc(C(=O)Nc2cc(Cl)c(C)cc2Br)c(O)c1. The van der Waals surface area contributed by atoms with Crippen molar-refractivity contribution in [2.24, 2.45) is 0 Å². The zero-order valence-electron chi connectivity index (χ0n) is 11.0. The van der Waals surface area contributed by atoms with Crippen LogP contribution in [-0.2, 0) is 0 Å². The number of amides is 1. The molecule has 1 amide bonds. The number of nitrogens with one attached hydrogen (secondary N) is 1. The molecule has 0 saturated heterocycles. The molecule has 0 radical (unpaired) electrons. The van der Waals surface area contributed by atoms with Crippen molar-refractivity contribution in [2.45, 2.75) is 13.8 Å². The molecular weight excluding hydrogens is 342 g/mol. The first-order chi connectivity index (χ1) is 9.38. The molecule has 2 rings (SSSR count). The van der Waals surface area contributed by atoms with E-state index in [2.05, 4.69) is 21.2 Å². The Balaban J connectivity index is 2.30. The summed E-state index contributed by atoms with van der Waals surface area (Å²) in [5.74, 6) is -0.431. The fourth-order valence-corrected chi connectivity index (χ4v) is 2.49. The summed E-state index contributed by atoms with van der Waals surface area (Å²) in [5.41, 5.74) is 2.58. The number of hydrogen-bond acceptors (Lipinski definition) is 2. The quantitative estimate of drug-likeness (QED) is 0.823. The number of rotatable bonds is 2. The minimum absolute atomic E-state index is 0.0446. The Kier molecular flexibility index (Phi) is 4.35. The maximum Gasteiger partial charge on any atom is 0.259 e. The first-order valence-electron chi connectivity index (χ1n) is 5.95. The van der Waals surface area contributed by atoms with Crippen molar-refractivity contribution in [3.8, 4) is 5.75 Å². The van der Waals surface area contributed by atoms with Gasteiger partial charge in [0, 0.05) is 9.50 Å². The van der Waals surface area contributed by atoms with E-state index in [9.17, 15) is 9.90 Å². The molecule has 2 aromatic carbocycles. The summed E-state index contributed by atoms with van der Waals surface area (Å²) in [4.78, 5) is 12.2. The van der Waals surface area contributed by atoms with Gasteiger partial charge in [0.15, 0.2) is 0 Å². The summed E-state index contributed by atoms with van der Waals surface area (Å²) < 4.78 is 0.736. The van der Waals surface area contributed by atoms with E-state index in [0.717, 1.165) is 15.6 Å². The van der Waals surface area contributed by atoms with Crippen molar-refractivity contribution in [1.82, 2.24) is 0 Å². The second-order valence-corrected chi connectivity index (χ2v) is 5.82. The lowest BCUT2D eigenvalue weighted by Crippen LogP contribution is -2.12. The molecule has 0 spiro atoms. The fourth-order valence-electron chi connectivity index (χ4n) is 1.77. The lowest BCUT2D eigenvalue weighted by molar-refractivity contribution is 0.102. The van der Waals surface area contributed by atoms with E-state index in [-0.39, 0.29) is 17.2 Å². The van der Waals surface area contributed by atoms with Crippen LogP contribution in [0.5, 0.6) is 5.75 Å². The Morgan fingerprint density at radius 3 is 2.60 bits per heavy atom. The third-order valence-corrected chi connectivity index (χ3v) is 3.96. The van der Waals surface area contributed by atoms with Gasteiger partial charge in [-0.3, -0.25) is 4.79 Å². The fraction of sp³-hybridized carbons (Fsp3) is 0.133. The van der Waals surface area contributed by atoms with Crippen molar-refractivity contribution >= 4 is 39.1 Å². The molecule has 0 fully saturated rings. The van der Waals surface area contributed by atoms with Gasteiger partial charge in [-0.25, -0.2) is 0 Å². The van der Waals surface area contributed by atoms with Crippen LogP contribution in [-0.4, -0.2) is 11.0 Å². The number of aryl methyl sites for hydroxylation is 2. The van der Waals surface area contributed by atoms with Gasteiger partial charge in [0.25, 0.3) is 5.91 Å². The van der Waals surface area contributed by atoms with Gasteiger partial charge in [0.05, 0.1) is 11.3 Å². The molecule has 0 aliphatic rings. The molecule has 0 bridgehead atoms. The third kappa shape index (κ3) is 3.14. The minimum Gasteiger partial charge on any atom is -0.507 e. The first kappa shape index (κ1) is 14.9. The molecule has 0 atom stereocenters. The number of halogens is 2. The molecule has 5 heteroatoms. The summed E-state index contributed by atoms with van der Waals surface area (Å²) in [5, 5.41) is 13.1. The van der Waals surface area contributed by atoms with Gasteiger partial charge < -0.3 is 10.4 Å². The van der Waals surface area contributed by atoms with Crippen molar-refractivity contribution in [3.05, 3.63) is 56.5 Å². The monoisotopic (exact) mass is 353 g/mol. The Morgan fingerprint density at radius 2 is 1.95 bits per heavy atom. The van der Waals surface area contributed by atoms with Gasteiger partial charge in [-0.1, -0.05) is 17.7 Å². The smallest absolute Gasteiger partial charge is 0.259 e. The topological polar surface area (TPSA) is 49.3 Å². The molecule has 2 aromatic rings. The number of aromatic hydroxyl groups is 1. The Morgan fingerprint density at radius 1 is 1.25 bits per heavy atom. The van der Waals surface area contributed by atoms with Gasteiger partial charge >= 0.3 is 0 Å². The Bertz CT molecular complexity index is 686. The molecule has 20 heavy (non-hydrogen) atoms. The lowest BCUT2D eigenvalue weighted by atomic mass is 10.1. The molecule has 0 saturated carbocycles. The predicted octanol–water partition coefficient (Wildman–Crippen LogP) is 4.68. The van der Waals surface area contributed by atoms with E-state index < -0.39 is 0 Å². The zero-order chi connectivity index (χ0) is 14.9. The normalized spacial score (nSPS) is 10.4. The first-order valence-corrected chi connectivity index (χ1v) is 7.12. The van der Waals surface area contributed by atoms with Gasteiger partial charge in [-0.2, -0.15) is 0 Å². The van der Waals surface area contributed by atoms with E-state index in [4.69, 9.17) is 11.6 Å². The van der Waals surface area contributed by atoms with Crippen LogP contribution in [0.2, 0.25) is 5.02 Å². The molecule has 0 aromatic heterocycles. The highest BCUT2D eigenvalue weighted by Crippen LogP contribution is 2.30. The largest absolute Gasteiger partial charge is 0.507 e. The van der Waals surface area contributed by atoms with Crippen LogP contribution in [0, 0.1) is 13.8 Å². The van der Waals surface area contributed by atoms with Gasteiger partial charge in [0.2, 0.25) is 0 Å². The maximum atomic E-state index is 12.2. The molecular formula is C15H13BrClNO2. The van der Waals surface area contributed by atoms with E-state index in [1.54, 1.807) is 24.3 Å². The number of anilines is 1. The molecule has 0 unspecified atom stereocenters. The van der Waals surface area contributed by atoms with Crippen molar-refractivity contribution < 1.29 is 9.90 Å². The average Bonchev–Trinajstić information content (AvgIpc) is 2.35. The molecule has 2 N–H and O–H groups in total. The Hall–Kier alpha value is -1.52. The standard InChI is InChI=1S/C15H13BrClNO2/c1-8-3-4-10(14(19)5-8)15(20)18-13-7-12(17)9(2)6-11(13)16/h3-7,19H,1-2H3,(H,18,20). The molecule has 0 aliphatic heterocycles. The summed E-state index contributed by atoms with van der Waals surface area (Å²) in [6, 6.07) is 8.40. The van der Waals surface area contributed by atoms with E-state index in [0.29, 0.717) is 10.7 Å². The number of hydrogen-bond donors (Lipinski definition) is 2. The highest BCUT2D eigenvalue weighted by molar-refractivity contribution is 9.10. The third-order valence-electron chi connectivity index (χ3n) is 2.89. The maximum absolute atomic E-state index is 12.2. The van der Waals surface area contributed by atoms with E-state index in [1.165, 1.54) is 0 Å². The van der Waals surface area contributed by atoms with Crippen LogP contribution in [0.1, 0.15) is 21.5 Å². The zero-order valence-corrected chi connectivity index (χ0v) is 13.3. The van der Waals surface area contributed by atoms with Gasteiger partial charge in [0.1, 0.15) is 5.75 Å². The number of benzene rings is 2. The van der Waals surface area contributed by atoms with Crippen LogP contribution in [0.4, 0.5) is 5.69 Å². The van der Waals surface area contributed by atoms with E-state index in [1.807, 2.05) is 19.9 Å². The van der Waals surface area contributed by atoms with Crippen LogP contribution in [0.25, 0.3) is 0 Å².